The van der Waals surface area contributed by atoms with Gasteiger partial charge >= 0.3 is 0 Å². The number of nitrogens with zero attached hydrogens (tertiary/aromatic N) is 2. The number of para-hydroxylation sites is 4. The number of anilines is 6. The average Bonchev–Trinajstić information content (AvgIpc) is 3.45. The van der Waals surface area contributed by atoms with Crippen LogP contribution >= 0.6 is 11.8 Å². The van der Waals surface area contributed by atoms with Crippen LogP contribution in [0.1, 0.15) is 0 Å². The molecule has 0 aliphatic carbocycles. The molecule has 0 radical (unpaired) electrons. The van der Waals surface area contributed by atoms with Crippen molar-refractivity contribution in [1.29, 1.82) is 0 Å². The number of hydrogen-bond acceptors (Lipinski definition) is 5. The van der Waals surface area contributed by atoms with E-state index in [4.69, 9.17) is 9.47 Å². The number of hydrogen-bond donors (Lipinski definition) is 0. The molecule has 4 nitrogen and oxygen atoms in total. The van der Waals surface area contributed by atoms with Crippen LogP contribution in [0.5, 0.6) is 23.0 Å². The lowest BCUT2D eigenvalue weighted by Gasteiger charge is -2.42. The molecule has 11 aromatic rings. The lowest BCUT2D eigenvalue weighted by Crippen LogP contribution is -2.62. The van der Waals surface area contributed by atoms with E-state index in [-0.39, 0.29) is 13.4 Å². The van der Waals surface area contributed by atoms with E-state index in [1.807, 2.05) is 11.8 Å². The van der Waals surface area contributed by atoms with E-state index in [0.717, 1.165) is 107 Å². The van der Waals surface area contributed by atoms with Crippen LogP contribution < -0.4 is 52.1 Å². The number of benzene rings is 11. The van der Waals surface area contributed by atoms with Crippen LogP contribution in [-0.4, -0.2) is 13.4 Å². The van der Waals surface area contributed by atoms with E-state index in [9.17, 15) is 0 Å². The largest absolute Gasteiger partial charge is 0.458 e. The second-order valence-electron chi connectivity index (χ2n) is 19.1. The van der Waals surface area contributed by atoms with Gasteiger partial charge in [-0.25, -0.2) is 0 Å². The molecule has 0 spiro atoms. The Labute approximate surface area is 429 Å². The van der Waals surface area contributed by atoms with Crippen LogP contribution in [0, 0.1) is 0 Å². The first-order valence-corrected chi connectivity index (χ1v) is 25.8. The van der Waals surface area contributed by atoms with Crippen LogP contribution in [-0.2, 0) is 0 Å². The van der Waals surface area contributed by atoms with Gasteiger partial charge in [-0.1, -0.05) is 205 Å². The SMILES string of the molecule is c1ccc(-c2cc3c4c(c2)N(c2c(-c5ccccc5)cccc2-c2ccccc2)c2ccccc2B4c2cc4c(cc2O3)Oc2cc(N(c3ccccc3)c3ccccc3)cc3c2B4c2ccccc2S3)cc1. The molecule has 11 aromatic carbocycles. The molecule has 0 amide bonds. The van der Waals surface area contributed by atoms with Gasteiger partial charge in [0.2, 0.25) is 0 Å². The molecule has 0 aromatic heterocycles. The van der Waals surface area contributed by atoms with Crippen LogP contribution in [0.3, 0.4) is 0 Å². The van der Waals surface area contributed by atoms with Gasteiger partial charge in [0.15, 0.2) is 0 Å². The Bertz CT molecular complexity index is 3870. The summed E-state index contributed by atoms with van der Waals surface area (Å²) >= 11 is 1.83. The standard InChI is InChI=1S/C66H42B2N2O2S/c1-6-21-43(22-7-1)46-37-57-64-60(38-46)71-58-42-59-55(68-53-34-17-19-36-62(53)73-63-40-49(39-61(72-59)65(63)68)69(47-27-12-4-13-28-47)48-29-14-5-15-30-48)41-54(58)67(64)52-33-16-18-35-56(52)70(57)66-50(44-23-8-2-9-24-44)31-20-32-51(66)45-25-10-3-11-26-45/h1-42H. The first kappa shape index (κ1) is 41.8. The molecule has 0 unspecified atom stereocenters. The highest BCUT2D eigenvalue weighted by Crippen LogP contribution is 2.50. The summed E-state index contributed by atoms with van der Waals surface area (Å²) in [7, 11) is 0. The highest BCUT2D eigenvalue weighted by atomic mass is 32.2. The van der Waals surface area contributed by atoms with Crippen molar-refractivity contribution in [3.8, 4) is 56.4 Å². The van der Waals surface area contributed by atoms with Crippen molar-refractivity contribution in [2.75, 3.05) is 9.80 Å². The summed E-state index contributed by atoms with van der Waals surface area (Å²) in [4.78, 5) is 7.30. The van der Waals surface area contributed by atoms with Crippen molar-refractivity contribution in [3.63, 3.8) is 0 Å². The topological polar surface area (TPSA) is 24.9 Å². The van der Waals surface area contributed by atoms with Crippen LogP contribution in [0.15, 0.2) is 265 Å². The number of rotatable bonds is 7. The van der Waals surface area contributed by atoms with Crippen LogP contribution in [0.2, 0.25) is 0 Å². The predicted molar refractivity (Wildman–Crippen MR) is 305 cm³/mol. The van der Waals surface area contributed by atoms with Gasteiger partial charge in [0.25, 0.3) is 13.4 Å². The molecule has 0 saturated carbocycles. The third-order valence-corrected chi connectivity index (χ3v) is 16.1. The van der Waals surface area contributed by atoms with E-state index >= 15 is 0 Å². The zero-order valence-corrected chi connectivity index (χ0v) is 40.3. The molecule has 4 aliphatic rings. The molecule has 0 fully saturated rings. The van der Waals surface area contributed by atoms with E-state index in [1.54, 1.807) is 0 Å². The second-order valence-corrected chi connectivity index (χ2v) is 20.2. The van der Waals surface area contributed by atoms with Gasteiger partial charge in [0.1, 0.15) is 23.0 Å². The summed E-state index contributed by atoms with van der Waals surface area (Å²) in [6.45, 7) is -0.197. The van der Waals surface area contributed by atoms with Gasteiger partial charge in [-0.2, -0.15) is 0 Å². The fourth-order valence-corrected chi connectivity index (χ4v) is 13.1. The Morgan fingerprint density at radius 2 is 0.849 bits per heavy atom. The molecule has 15 rings (SSSR count). The van der Waals surface area contributed by atoms with Crippen molar-refractivity contribution in [2.45, 2.75) is 9.79 Å². The zero-order valence-electron chi connectivity index (χ0n) is 39.5. The van der Waals surface area contributed by atoms with E-state index in [2.05, 4.69) is 265 Å². The van der Waals surface area contributed by atoms with Gasteiger partial charge in [0.05, 0.1) is 11.4 Å². The monoisotopic (exact) mass is 948 g/mol. The maximum absolute atomic E-state index is 7.40. The molecule has 340 valence electrons. The van der Waals surface area contributed by atoms with E-state index < -0.39 is 0 Å². The highest BCUT2D eigenvalue weighted by molar-refractivity contribution is 8.00. The number of fused-ring (bicyclic) bond motifs is 8. The minimum atomic E-state index is -0.137. The lowest BCUT2D eigenvalue weighted by atomic mass is 9.31. The average molecular weight is 949 g/mol. The van der Waals surface area contributed by atoms with Crippen molar-refractivity contribution in [1.82, 2.24) is 0 Å². The predicted octanol–water partition coefficient (Wildman–Crippen LogP) is 13.6. The summed E-state index contributed by atoms with van der Waals surface area (Å²) in [5.74, 6) is 3.32. The zero-order chi connectivity index (χ0) is 48.0. The quantitative estimate of drug-likeness (QED) is 0.148. The first-order chi connectivity index (χ1) is 36.2. The Kier molecular flexibility index (Phi) is 9.67. The summed E-state index contributed by atoms with van der Waals surface area (Å²) in [5, 5.41) is 0. The Morgan fingerprint density at radius 1 is 0.329 bits per heavy atom. The lowest BCUT2D eigenvalue weighted by molar-refractivity contribution is 0.465. The Balaban J connectivity index is 0.958. The molecule has 0 saturated heterocycles. The molecule has 0 N–H and O–H groups in total. The van der Waals surface area contributed by atoms with Gasteiger partial charge in [-0.3, -0.25) is 0 Å². The molecule has 0 atom stereocenters. The number of ether oxygens (including phenoxy) is 2. The molecule has 73 heavy (non-hydrogen) atoms. The molecule has 4 heterocycles. The first-order valence-electron chi connectivity index (χ1n) is 25.0. The third-order valence-electron chi connectivity index (χ3n) is 15.0. The van der Waals surface area contributed by atoms with Gasteiger partial charge in [-0.15, -0.1) is 0 Å². The summed E-state index contributed by atoms with van der Waals surface area (Å²) in [5.41, 5.74) is 20.5. The van der Waals surface area contributed by atoms with E-state index in [1.165, 1.54) is 26.2 Å². The summed E-state index contributed by atoms with van der Waals surface area (Å²) in [6.07, 6.45) is 0. The Hall–Kier alpha value is -8.90. The van der Waals surface area contributed by atoms with Gasteiger partial charge in [-0.05, 0) is 104 Å². The molecular weight excluding hydrogens is 906 g/mol. The van der Waals surface area contributed by atoms with Crippen LogP contribution in [0.25, 0.3) is 33.4 Å². The normalized spacial score (nSPS) is 13.0. The van der Waals surface area contributed by atoms with Crippen molar-refractivity contribution in [3.05, 3.63) is 255 Å². The smallest absolute Gasteiger partial charge is 0.256 e. The second kappa shape index (κ2) is 16.9. The minimum absolute atomic E-state index is 0.0599. The maximum Gasteiger partial charge on any atom is 0.256 e. The van der Waals surface area contributed by atoms with E-state index in [0.29, 0.717) is 0 Å². The third kappa shape index (κ3) is 6.73. The fourth-order valence-electron chi connectivity index (χ4n) is 11.9. The molecule has 7 heteroatoms. The van der Waals surface area contributed by atoms with Gasteiger partial charge < -0.3 is 19.3 Å². The van der Waals surface area contributed by atoms with Crippen molar-refractivity contribution >= 4 is 92.1 Å². The van der Waals surface area contributed by atoms with Gasteiger partial charge in [0, 0.05) is 55.8 Å². The minimum Gasteiger partial charge on any atom is -0.458 e. The summed E-state index contributed by atoms with van der Waals surface area (Å²) in [6, 6.07) is 92.1. The van der Waals surface area contributed by atoms with Crippen LogP contribution in [0.4, 0.5) is 34.1 Å². The van der Waals surface area contributed by atoms with Crippen molar-refractivity contribution in [2.24, 2.45) is 0 Å². The molecular formula is C66H42B2N2O2S. The fraction of sp³-hybridized carbons (Fsp3) is 0. The molecule has 4 aliphatic heterocycles. The highest BCUT2D eigenvalue weighted by Gasteiger charge is 2.46. The summed E-state index contributed by atoms with van der Waals surface area (Å²) < 4.78 is 14.7. The van der Waals surface area contributed by atoms with Crippen molar-refractivity contribution < 1.29 is 9.47 Å². The Morgan fingerprint density at radius 3 is 1.48 bits per heavy atom. The molecule has 0 bridgehead atoms. The maximum atomic E-state index is 7.40.